The van der Waals surface area contributed by atoms with Gasteiger partial charge in [0.15, 0.2) is 0 Å². The fourth-order valence-corrected chi connectivity index (χ4v) is 1.56. The van der Waals surface area contributed by atoms with Crippen molar-refractivity contribution in [2.75, 3.05) is 19.3 Å². The van der Waals surface area contributed by atoms with E-state index in [9.17, 15) is 5.11 Å². The van der Waals surface area contributed by atoms with Crippen molar-refractivity contribution < 1.29 is 5.11 Å². The van der Waals surface area contributed by atoms with E-state index in [-0.39, 0.29) is 0 Å². The molecule has 1 heterocycles. The lowest BCUT2D eigenvalue weighted by molar-refractivity contribution is 0.0424. The van der Waals surface area contributed by atoms with E-state index in [4.69, 9.17) is 5.73 Å². The highest BCUT2D eigenvalue weighted by molar-refractivity contribution is 5.29. The summed E-state index contributed by atoms with van der Waals surface area (Å²) in [4.78, 5) is 6.07. The fourth-order valence-electron chi connectivity index (χ4n) is 1.56. The average molecular weight is 209 g/mol. The van der Waals surface area contributed by atoms with Crippen molar-refractivity contribution in [2.24, 2.45) is 0 Å². The zero-order valence-corrected chi connectivity index (χ0v) is 9.57. The number of rotatable bonds is 4. The lowest BCUT2D eigenvalue weighted by atomic mass is 10.1. The molecule has 0 amide bonds. The monoisotopic (exact) mass is 209 g/mol. The van der Waals surface area contributed by atoms with E-state index < -0.39 is 5.60 Å². The summed E-state index contributed by atoms with van der Waals surface area (Å²) in [7, 11) is 1.97. The third-order valence-corrected chi connectivity index (χ3v) is 1.96. The van der Waals surface area contributed by atoms with Gasteiger partial charge in [-0.05, 0) is 32.5 Å². The van der Waals surface area contributed by atoms with Gasteiger partial charge in [-0.25, -0.2) is 4.98 Å². The number of hydrogen-bond acceptors (Lipinski definition) is 4. The SMILES string of the molecule is CN(Cc1ccc(N)nc1)CC(C)(C)O. The summed E-state index contributed by atoms with van der Waals surface area (Å²) in [6.07, 6.45) is 1.76. The van der Waals surface area contributed by atoms with Crippen molar-refractivity contribution >= 4 is 5.82 Å². The molecule has 0 aromatic carbocycles. The van der Waals surface area contributed by atoms with Gasteiger partial charge in [0, 0.05) is 19.3 Å². The number of anilines is 1. The third kappa shape index (κ3) is 4.76. The molecule has 0 saturated heterocycles. The highest BCUT2D eigenvalue weighted by atomic mass is 16.3. The van der Waals surface area contributed by atoms with E-state index in [2.05, 4.69) is 4.98 Å². The number of aliphatic hydroxyl groups is 1. The molecule has 0 atom stereocenters. The Morgan fingerprint density at radius 2 is 2.13 bits per heavy atom. The molecule has 84 valence electrons. The first kappa shape index (κ1) is 11.9. The lowest BCUT2D eigenvalue weighted by Gasteiger charge is -2.25. The molecule has 1 aromatic heterocycles. The van der Waals surface area contributed by atoms with Gasteiger partial charge < -0.3 is 10.8 Å². The molecular formula is C11H19N3O. The maximum absolute atomic E-state index is 9.63. The summed E-state index contributed by atoms with van der Waals surface area (Å²) < 4.78 is 0. The lowest BCUT2D eigenvalue weighted by Crippen LogP contribution is -2.35. The Balaban J connectivity index is 2.51. The molecule has 1 aromatic rings. The summed E-state index contributed by atoms with van der Waals surface area (Å²) in [5, 5.41) is 9.63. The molecule has 0 fully saturated rings. The molecule has 0 bridgehead atoms. The first-order chi connectivity index (χ1) is 6.87. The molecule has 0 radical (unpaired) electrons. The topological polar surface area (TPSA) is 62.4 Å². The van der Waals surface area contributed by atoms with Crippen LogP contribution in [0.3, 0.4) is 0 Å². The van der Waals surface area contributed by atoms with Gasteiger partial charge in [0.2, 0.25) is 0 Å². The van der Waals surface area contributed by atoms with Crippen molar-refractivity contribution in [1.29, 1.82) is 0 Å². The van der Waals surface area contributed by atoms with Gasteiger partial charge >= 0.3 is 0 Å². The van der Waals surface area contributed by atoms with Gasteiger partial charge in [0.1, 0.15) is 5.82 Å². The van der Waals surface area contributed by atoms with E-state index in [1.807, 2.05) is 18.0 Å². The molecule has 3 N–H and O–H groups in total. The zero-order valence-electron chi connectivity index (χ0n) is 9.57. The van der Waals surface area contributed by atoms with Crippen LogP contribution in [0.1, 0.15) is 19.4 Å². The number of pyridine rings is 1. The summed E-state index contributed by atoms with van der Waals surface area (Å²) in [5.41, 5.74) is 5.92. The molecule has 0 aliphatic carbocycles. The van der Waals surface area contributed by atoms with Crippen LogP contribution in [-0.4, -0.2) is 34.2 Å². The van der Waals surface area contributed by atoms with Crippen LogP contribution < -0.4 is 5.73 Å². The van der Waals surface area contributed by atoms with E-state index in [1.54, 1.807) is 26.1 Å². The van der Waals surface area contributed by atoms with Gasteiger partial charge in [-0.3, -0.25) is 4.90 Å². The van der Waals surface area contributed by atoms with E-state index in [0.29, 0.717) is 12.4 Å². The third-order valence-electron chi connectivity index (χ3n) is 1.96. The molecule has 0 unspecified atom stereocenters. The highest BCUT2D eigenvalue weighted by Crippen LogP contribution is 2.08. The van der Waals surface area contributed by atoms with Gasteiger partial charge in [0.05, 0.1) is 5.60 Å². The van der Waals surface area contributed by atoms with E-state index in [1.165, 1.54) is 0 Å². The fraction of sp³-hybridized carbons (Fsp3) is 0.545. The number of likely N-dealkylation sites (N-methyl/N-ethyl adjacent to an activating group) is 1. The van der Waals surface area contributed by atoms with Crippen molar-refractivity contribution in [1.82, 2.24) is 9.88 Å². The predicted octanol–water partition coefficient (Wildman–Crippen LogP) is 0.867. The molecule has 4 nitrogen and oxygen atoms in total. The largest absolute Gasteiger partial charge is 0.389 e. The van der Waals surface area contributed by atoms with Crippen molar-refractivity contribution in [3.8, 4) is 0 Å². The Hall–Kier alpha value is -1.13. The van der Waals surface area contributed by atoms with Crippen LogP contribution in [0.15, 0.2) is 18.3 Å². The van der Waals surface area contributed by atoms with Crippen molar-refractivity contribution in [3.63, 3.8) is 0 Å². The van der Waals surface area contributed by atoms with Gasteiger partial charge in [-0.1, -0.05) is 6.07 Å². The normalized spacial score (nSPS) is 12.1. The van der Waals surface area contributed by atoms with E-state index >= 15 is 0 Å². The van der Waals surface area contributed by atoms with Crippen LogP contribution in [0.5, 0.6) is 0 Å². The second-order valence-corrected chi connectivity index (χ2v) is 4.58. The highest BCUT2D eigenvalue weighted by Gasteiger charge is 2.15. The standard InChI is InChI=1S/C11H19N3O/c1-11(2,15)8-14(3)7-9-4-5-10(12)13-6-9/h4-6,15H,7-8H2,1-3H3,(H2,12,13). The molecule has 0 aliphatic rings. The quantitative estimate of drug-likeness (QED) is 0.772. The summed E-state index contributed by atoms with van der Waals surface area (Å²) >= 11 is 0. The van der Waals surface area contributed by atoms with Crippen molar-refractivity contribution in [3.05, 3.63) is 23.9 Å². The Kier molecular flexibility index (Phi) is 3.66. The Bertz CT molecular complexity index is 303. The van der Waals surface area contributed by atoms with Crippen LogP contribution in [0, 0.1) is 0 Å². The molecule has 0 saturated carbocycles. The first-order valence-corrected chi connectivity index (χ1v) is 4.98. The number of nitrogens with two attached hydrogens (primary N) is 1. The summed E-state index contributed by atoms with van der Waals surface area (Å²) in [6, 6.07) is 3.73. The minimum absolute atomic E-state index is 0.531. The number of nitrogens with zero attached hydrogens (tertiary/aromatic N) is 2. The minimum atomic E-state index is -0.671. The van der Waals surface area contributed by atoms with Crippen molar-refractivity contribution in [2.45, 2.75) is 26.0 Å². The molecular weight excluding hydrogens is 190 g/mol. The second kappa shape index (κ2) is 4.59. The predicted molar refractivity (Wildman–Crippen MR) is 61.3 cm³/mol. The molecule has 0 aliphatic heterocycles. The zero-order chi connectivity index (χ0) is 11.5. The second-order valence-electron chi connectivity index (χ2n) is 4.58. The average Bonchev–Trinajstić information content (AvgIpc) is 2.05. The van der Waals surface area contributed by atoms with Crippen LogP contribution in [0.4, 0.5) is 5.82 Å². The minimum Gasteiger partial charge on any atom is -0.389 e. The maximum Gasteiger partial charge on any atom is 0.123 e. The first-order valence-electron chi connectivity index (χ1n) is 4.98. The van der Waals surface area contributed by atoms with E-state index in [0.717, 1.165) is 12.1 Å². The Morgan fingerprint density at radius 3 is 2.60 bits per heavy atom. The number of aromatic nitrogens is 1. The molecule has 0 spiro atoms. The smallest absolute Gasteiger partial charge is 0.123 e. The Labute approximate surface area is 90.7 Å². The number of nitrogen functional groups attached to an aromatic ring is 1. The molecule has 4 heteroatoms. The Morgan fingerprint density at radius 1 is 1.47 bits per heavy atom. The van der Waals surface area contributed by atoms with Crippen LogP contribution in [0.25, 0.3) is 0 Å². The van der Waals surface area contributed by atoms with Crippen LogP contribution in [-0.2, 0) is 6.54 Å². The van der Waals surface area contributed by atoms with Crippen LogP contribution in [0.2, 0.25) is 0 Å². The van der Waals surface area contributed by atoms with Gasteiger partial charge in [0.25, 0.3) is 0 Å². The summed E-state index contributed by atoms with van der Waals surface area (Å²) in [6.45, 7) is 4.98. The molecule has 15 heavy (non-hydrogen) atoms. The number of hydrogen-bond donors (Lipinski definition) is 2. The van der Waals surface area contributed by atoms with Gasteiger partial charge in [-0.15, -0.1) is 0 Å². The van der Waals surface area contributed by atoms with Crippen LogP contribution >= 0.6 is 0 Å². The summed E-state index contributed by atoms with van der Waals surface area (Å²) in [5.74, 6) is 0.531. The van der Waals surface area contributed by atoms with Gasteiger partial charge in [-0.2, -0.15) is 0 Å². The maximum atomic E-state index is 9.63. The molecule has 1 rings (SSSR count).